The number of hydrogen-bond donors (Lipinski definition) is 1. The van der Waals surface area contributed by atoms with E-state index in [0.717, 1.165) is 43.8 Å². The Morgan fingerprint density at radius 1 is 1.50 bits per heavy atom. The Morgan fingerprint density at radius 2 is 2.31 bits per heavy atom. The van der Waals surface area contributed by atoms with Crippen LogP contribution in [0.25, 0.3) is 0 Å². The van der Waals surface area contributed by atoms with Crippen LogP contribution in [0.15, 0.2) is 10.7 Å². The monoisotopic (exact) mass is 223 g/mol. The third kappa shape index (κ3) is 2.98. The zero-order chi connectivity index (χ0) is 11.4. The van der Waals surface area contributed by atoms with Gasteiger partial charge in [0.2, 0.25) is 0 Å². The van der Waals surface area contributed by atoms with Crippen LogP contribution in [0.5, 0.6) is 0 Å². The minimum absolute atomic E-state index is 0.780. The molecule has 0 amide bonds. The van der Waals surface area contributed by atoms with Crippen molar-refractivity contribution >= 4 is 6.01 Å². The Labute approximate surface area is 97.0 Å². The number of rotatable bonds is 7. The molecule has 1 saturated carbocycles. The highest BCUT2D eigenvalue weighted by molar-refractivity contribution is 5.27. The summed E-state index contributed by atoms with van der Waals surface area (Å²) >= 11 is 0. The van der Waals surface area contributed by atoms with Crippen LogP contribution in [-0.4, -0.2) is 24.6 Å². The zero-order valence-corrected chi connectivity index (χ0v) is 10.2. The second-order valence-corrected chi connectivity index (χ2v) is 4.38. The first kappa shape index (κ1) is 11.5. The Kier molecular flexibility index (Phi) is 3.83. The van der Waals surface area contributed by atoms with E-state index in [9.17, 15) is 0 Å². The highest BCUT2D eigenvalue weighted by Crippen LogP contribution is 2.31. The van der Waals surface area contributed by atoms with Crippen LogP contribution in [0.1, 0.15) is 32.4 Å². The molecule has 1 fully saturated rings. The summed E-state index contributed by atoms with van der Waals surface area (Å²) in [6.45, 7) is 8.06. The lowest BCUT2D eigenvalue weighted by Gasteiger charge is -2.17. The van der Waals surface area contributed by atoms with E-state index in [2.05, 4.69) is 29.0 Å². The first-order chi connectivity index (χ1) is 7.83. The lowest BCUT2D eigenvalue weighted by atomic mass is 10.4. The van der Waals surface area contributed by atoms with Gasteiger partial charge in [0.25, 0.3) is 6.01 Å². The van der Waals surface area contributed by atoms with Gasteiger partial charge in [-0.15, -0.1) is 0 Å². The second kappa shape index (κ2) is 5.34. The molecule has 2 rings (SSSR count). The van der Waals surface area contributed by atoms with E-state index in [1.165, 1.54) is 12.8 Å². The molecule has 0 unspecified atom stereocenters. The Hall–Kier alpha value is -1.03. The van der Waals surface area contributed by atoms with Crippen molar-refractivity contribution < 1.29 is 4.42 Å². The molecule has 1 aromatic rings. The summed E-state index contributed by atoms with van der Waals surface area (Å²) in [4.78, 5) is 6.73. The van der Waals surface area contributed by atoms with Crippen molar-refractivity contribution in [1.82, 2.24) is 10.3 Å². The number of oxazole rings is 1. The molecule has 4 nitrogen and oxygen atoms in total. The molecule has 4 heteroatoms. The lowest BCUT2D eigenvalue weighted by Crippen LogP contribution is -2.25. The average Bonchev–Trinajstić information content (AvgIpc) is 3.00. The molecule has 0 radical (unpaired) electrons. The molecule has 0 saturated heterocycles. The van der Waals surface area contributed by atoms with E-state index in [4.69, 9.17) is 4.42 Å². The molecule has 90 valence electrons. The van der Waals surface area contributed by atoms with Crippen LogP contribution in [0, 0.1) is 5.92 Å². The van der Waals surface area contributed by atoms with Crippen LogP contribution in [0.3, 0.4) is 0 Å². The first-order valence-corrected chi connectivity index (χ1v) is 6.23. The number of nitrogens with zero attached hydrogens (tertiary/aromatic N) is 2. The van der Waals surface area contributed by atoms with Gasteiger partial charge < -0.3 is 14.6 Å². The molecule has 1 heterocycles. The predicted molar refractivity (Wildman–Crippen MR) is 64.5 cm³/mol. The van der Waals surface area contributed by atoms with Crippen molar-refractivity contribution in [2.75, 3.05) is 24.5 Å². The van der Waals surface area contributed by atoms with E-state index in [-0.39, 0.29) is 0 Å². The maximum atomic E-state index is 5.52. The fourth-order valence-corrected chi connectivity index (χ4v) is 1.73. The van der Waals surface area contributed by atoms with Crippen LogP contribution in [0.2, 0.25) is 0 Å². The fourth-order valence-electron chi connectivity index (χ4n) is 1.73. The highest BCUT2D eigenvalue weighted by Gasteiger charge is 2.25. The van der Waals surface area contributed by atoms with E-state index in [1.54, 1.807) is 6.26 Å². The minimum Gasteiger partial charge on any atom is -0.432 e. The standard InChI is InChI=1S/C12H21N3O/c1-3-13-7-11-9-16-12(14-11)15(4-2)8-10-5-6-10/h9-10,13H,3-8H2,1-2H3. The van der Waals surface area contributed by atoms with Gasteiger partial charge in [0, 0.05) is 19.6 Å². The molecule has 0 aliphatic heterocycles. The van der Waals surface area contributed by atoms with Gasteiger partial charge in [-0.25, -0.2) is 0 Å². The maximum Gasteiger partial charge on any atom is 0.297 e. The average molecular weight is 223 g/mol. The second-order valence-electron chi connectivity index (χ2n) is 4.38. The number of nitrogens with one attached hydrogen (secondary N) is 1. The van der Waals surface area contributed by atoms with E-state index >= 15 is 0 Å². The van der Waals surface area contributed by atoms with Crippen molar-refractivity contribution in [3.05, 3.63) is 12.0 Å². The minimum atomic E-state index is 0.780. The Balaban J connectivity index is 1.92. The van der Waals surface area contributed by atoms with E-state index < -0.39 is 0 Å². The summed E-state index contributed by atoms with van der Waals surface area (Å²) in [6.07, 6.45) is 4.48. The molecule has 1 aromatic heterocycles. The maximum absolute atomic E-state index is 5.52. The largest absolute Gasteiger partial charge is 0.432 e. The SMILES string of the molecule is CCNCc1coc(N(CC)CC2CC2)n1. The fraction of sp³-hybridized carbons (Fsp3) is 0.750. The van der Waals surface area contributed by atoms with Gasteiger partial charge in [0.1, 0.15) is 6.26 Å². The van der Waals surface area contributed by atoms with Gasteiger partial charge in [-0.05, 0) is 32.2 Å². The summed E-state index contributed by atoms with van der Waals surface area (Å²) in [5, 5.41) is 3.25. The lowest BCUT2D eigenvalue weighted by molar-refractivity contribution is 0.528. The third-order valence-corrected chi connectivity index (χ3v) is 2.92. The van der Waals surface area contributed by atoms with Crippen LogP contribution in [0.4, 0.5) is 6.01 Å². The van der Waals surface area contributed by atoms with Crippen LogP contribution < -0.4 is 10.2 Å². The summed E-state index contributed by atoms with van der Waals surface area (Å²) in [5.74, 6) is 0.865. The smallest absolute Gasteiger partial charge is 0.297 e. The molecule has 16 heavy (non-hydrogen) atoms. The molecule has 0 aromatic carbocycles. The third-order valence-electron chi connectivity index (χ3n) is 2.92. The van der Waals surface area contributed by atoms with Gasteiger partial charge in [-0.1, -0.05) is 6.92 Å². The summed E-state index contributed by atoms with van der Waals surface area (Å²) in [6, 6.07) is 0.780. The van der Waals surface area contributed by atoms with Gasteiger partial charge in [-0.2, -0.15) is 4.98 Å². The van der Waals surface area contributed by atoms with Gasteiger partial charge in [0.05, 0.1) is 5.69 Å². The topological polar surface area (TPSA) is 41.3 Å². The molecule has 1 aliphatic carbocycles. The normalized spacial score (nSPS) is 15.4. The Bertz CT molecular complexity index is 320. The van der Waals surface area contributed by atoms with E-state index in [1.807, 2.05) is 0 Å². The summed E-state index contributed by atoms with van der Waals surface area (Å²) in [5.41, 5.74) is 0.992. The van der Waals surface area contributed by atoms with E-state index in [0.29, 0.717) is 0 Å². The molecule has 0 bridgehead atoms. The number of aromatic nitrogens is 1. The van der Waals surface area contributed by atoms with Crippen molar-refractivity contribution in [3.63, 3.8) is 0 Å². The molecular weight excluding hydrogens is 202 g/mol. The molecule has 0 atom stereocenters. The van der Waals surface area contributed by atoms with Crippen molar-refractivity contribution in [1.29, 1.82) is 0 Å². The van der Waals surface area contributed by atoms with Gasteiger partial charge in [0.15, 0.2) is 0 Å². The summed E-state index contributed by atoms with van der Waals surface area (Å²) in [7, 11) is 0. The molecule has 0 spiro atoms. The summed E-state index contributed by atoms with van der Waals surface area (Å²) < 4.78 is 5.52. The zero-order valence-electron chi connectivity index (χ0n) is 10.2. The predicted octanol–water partition coefficient (Wildman–Crippen LogP) is 2.02. The van der Waals surface area contributed by atoms with Crippen molar-refractivity contribution in [3.8, 4) is 0 Å². The first-order valence-electron chi connectivity index (χ1n) is 6.23. The quantitative estimate of drug-likeness (QED) is 0.768. The number of hydrogen-bond acceptors (Lipinski definition) is 4. The van der Waals surface area contributed by atoms with Gasteiger partial charge in [-0.3, -0.25) is 0 Å². The number of anilines is 1. The highest BCUT2D eigenvalue weighted by atomic mass is 16.4. The van der Waals surface area contributed by atoms with Crippen molar-refractivity contribution in [2.45, 2.75) is 33.2 Å². The molecule has 1 N–H and O–H groups in total. The molecular formula is C12H21N3O. The van der Waals surface area contributed by atoms with Crippen molar-refractivity contribution in [2.24, 2.45) is 5.92 Å². The van der Waals surface area contributed by atoms with Crippen LogP contribution >= 0.6 is 0 Å². The van der Waals surface area contributed by atoms with Crippen LogP contribution in [-0.2, 0) is 6.54 Å². The molecule has 1 aliphatic rings. The van der Waals surface area contributed by atoms with Gasteiger partial charge >= 0.3 is 0 Å². The Morgan fingerprint density at radius 3 is 2.94 bits per heavy atom.